The molecule has 0 aromatic carbocycles. The van der Waals surface area contributed by atoms with Gasteiger partial charge in [0.15, 0.2) is 0 Å². The number of aliphatic hydroxyl groups is 1. The largest absolute Gasteiger partial charge is 0.396 e. The van der Waals surface area contributed by atoms with E-state index in [4.69, 9.17) is 9.84 Å². The van der Waals surface area contributed by atoms with Crippen molar-refractivity contribution in [2.45, 2.75) is 51.8 Å². The fraction of sp³-hybridized carbons (Fsp3) is 1.00. The van der Waals surface area contributed by atoms with Crippen LogP contribution in [0.4, 0.5) is 0 Å². The van der Waals surface area contributed by atoms with Crippen molar-refractivity contribution in [1.29, 1.82) is 0 Å². The highest BCUT2D eigenvalue weighted by Crippen LogP contribution is 2.52. The van der Waals surface area contributed by atoms with Gasteiger partial charge in [0, 0.05) is 36.6 Å². The minimum absolute atomic E-state index is 0.255. The molecule has 1 saturated heterocycles. The maximum Gasteiger partial charge on any atom is 0.0685 e. The Morgan fingerprint density at radius 2 is 2.27 bits per heavy atom. The Bertz CT molecular complexity index is 230. The summed E-state index contributed by atoms with van der Waals surface area (Å²) in [5, 5.41) is 12.5. The van der Waals surface area contributed by atoms with E-state index in [1.54, 1.807) is 0 Å². The second-order valence-electron chi connectivity index (χ2n) is 5.62. The third kappa shape index (κ3) is 1.81. The van der Waals surface area contributed by atoms with Crippen molar-refractivity contribution >= 4 is 0 Å². The second kappa shape index (κ2) is 4.04. The summed E-state index contributed by atoms with van der Waals surface area (Å²) < 4.78 is 5.75. The summed E-state index contributed by atoms with van der Waals surface area (Å²) in [7, 11) is 0. The van der Waals surface area contributed by atoms with Gasteiger partial charge in [-0.15, -0.1) is 0 Å². The molecule has 0 aromatic heterocycles. The van der Waals surface area contributed by atoms with Crippen LogP contribution in [0.1, 0.15) is 33.6 Å². The molecule has 0 amide bonds. The molecule has 1 aliphatic heterocycles. The summed E-state index contributed by atoms with van der Waals surface area (Å²) >= 11 is 0. The SMILES string of the molecule is C[C@H](CCO)NC1C2CCOC2C1(C)C. The molecule has 0 bridgehead atoms. The van der Waals surface area contributed by atoms with E-state index in [0.717, 1.165) is 13.0 Å². The minimum atomic E-state index is 0.255. The average molecular weight is 213 g/mol. The summed E-state index contributed by atoms with van der Waals surface area (Å²) in [6.07, 6.45) is 2.49. The van der Waals surface area contributed by atoms with E-state index in [9.17, 15) is 0 Å². The van der Waals surface area contributed by atoms with E-state index < -0.39 is 0 Å². The van der Waals surface area contributed by atoms with Crippen LogP contribution < -0.4 is 5.32 Å². The summed E-state index contributed by atoms with van der Waals surface area (Å²) in [5.74, 6) is 0.696. The predicted octanol–water partition coefficient (Wildman–Crippen LogP) is 1.16. The van der Waals surface area contributed by atoms with Gasteiger partial charge in [0.25, 0.3) is 0 Å². The number of ether oxygens (including phenoxy) is 1. The van der Waals surface area contributed by atoms with Gasteiger partial charge in [0.1, 0.15) is 0 Å². The fourth-order valence-electron chi connectivity index (χ4n) is 3.25. The van der Waals surface area contributed by atoms with Crippen molar-refractivity contribution in [2.75, 3.05) is 13.2 Å². The molecule has 4 atom stereocenters. The Kier molecular flexibility index (Phi) is 3.06. The zero-order chi connectivity index (χ0) is 11.1. The van der Waals surface area contributed by atoms with Gasteiger partial charge in [0.2, 0.25) is 0 Å². The van der Waals surface area contributed by atoms with E-state index in [2.05, 4.69) is 26.1 Å². The van der Waals surface area contributed by atoms with Gasteiger partial charge in [0.05, 0.1) is 6.10 Å². The molecule has 3 nitrogen and oxygen atoms in total. The van der Waals surface area contributed by atoms with Crippen LogP contribution in [0.15, 0.2) is 0 Å². The number of nitrogens with one attached hydrogen (secondary N) is 1. The summed E-state index contributed by atoms with van der Waals surface area (Å²) in [6.45, 7) is 7.90. The molecule has 2 N–H and O–H groups in total. The van der Waals surface area contributed by atoms with Crippen molar-refractivity contribution in [3.8, 4) is 0 Å². The molecule has 0 aromatic rings. The zero-order valence-corrected chi connectivity index (χ0v) is 9.99. The first-order valence-electron chi connectivity index (χ1n) is 6.06. The molecule has 88 valence electrons. The summed E-state index contributed by atoms with van der Waals surface area (Å²) in [4.78, 5) is 0. The first-order chi connectivity index (χ1) is 7.07. The molecular weight excluding hydrogens is 190 g/mol. The van der Waals surface area contributed by atoms with E-state index in [1.165, 1.54) is 6.42 Å². The van der Waals surface area contributed by atoms with Crippen molar-refractivity contribution in [1.82, 2.24) is 5.32 Å². The minimum Gasteiger partial charge on any atom is -0.396 e. The molecule has 2 aliphatic rings. The molecular formula is C12H23NO2. The highest BCUT2D eigenvalue weighted by molar-refractivity contribution is 5.11. The molecule has 1 heterocycles. The standard InChI is InChI=1S/C12H23NO2/c1-8(4-6-14)13-10-9-5-7-15-11(9)12(10,2)3/h8-11,13-14H,4-7H2,1-3H3/t8-,9?,10?,11?/m1/s1. The molecule has 15 heavy (non-hydrogen) atoms. The van der Waals surface area contributed by atoms with Gasteiger partial charge in [-0.1, -0.05) is 13.8 Å². The van der Waals surface area contributed by atoms with Crippen LogP contribution >= 0.6 is 0 Å². The quantitative estimate of drug-likeness (QED) is 0.736. The Morgan fingerprint density at radius 1 is 1.53 bits per heavy atom. The van der Waals surface area contributed by atoms with Crippen LogP contribution in [0.25, 0.3) is 0 Å². The van der Waals surface area contributed by atoms with Gasteiger partial charge in [-0.25, -0.2) is 0 Å². The van der Waals surface area contributed by atoms with Crippen molar-refractivity contribution in [3.05, 3.63) is 0 Å². The molecule has 3 heteroatoms. The van der Waals surface area contributed by atoms with Crippen LogP contribution in [-0.4, -0.2) is 36.5 Å². The normalized spacial score (nSPS) is 39.6. The molecule has 0 radical (unpaired) electrons. The summed E-state index contributed by atoms with van der Waals surface area (Å²) in [5.41, 5.74) is 0.255. The van der Waals surface area contributed by atoms with Crippen LogP contribution in [0, 0.1) is 11.3 Å². The highest BCUT2D eigenvalue weighted by atomic mass is 16.5. The number of hydrogen-bond acceptors (Lipinski definition) is 3. The number of aliphatic hydroxyl groups excluding tert-OH is 1. The lowest BCUT2D eigenvalue weighted by molar-refractivity contribution is -0.115. The third-order valence-electron chi connectivity index (χ3n) is 4.13. The maximum absolute atomic E-state index is 8.89. The topological polar surface area (TPSA) is 41.5 Å². The van der Waals surface area contributed by atoms with E-state index in [-0.39, 0.29) is 12.0 Å². The smallest absolute Gasteiger partial charge is 0.0685 e. The van der Waals surface area contributed by atoms with Gasteiger partial charge in [-0.2, -0.15) is 0 Å². The van der Waals surface area contributed by atoms with Crippen LogP contribution in [-0.2, 0) is 4.74 Å². The Balaban J connectivity index is 1.92. The molecule has 2 fully saturated rings. The Hall–Kier alpha value is -0.120. The molecule has 1 aliphatic carbocycles. The molecule has 2 rings (SSSR count). The average Bonchev–Trinajstić information content (AvgIpc) is 2.61. The number of fused-ring (bicyclic) bond motifs is 1. The molecule has 3 unspecified atom stereocenters. The predicted molar refractivity (Wildman–Crippen MR) is 59.7 cm³/mol. The molecule has 0 spiro atoms. The van der Waals surface area contributed by atoms with Crippen molar-refractivity contribution in [3.63, 3.8) is 0 Å². The van der Waals surface area contributed by atoms with Crippen molar-refractivity contribution < 1.29 is 9.84 Å². The van der Waals surface area contributed by atoms with Crippen LogP contribution in [0.5, 0.6) is 0 Å². The zero-order valence-electron chi connectivity index (χ0n) is 9.99. The van der Waals surface area contributed by atoms with E-state index in [0.29, 0.717) is 24.1 Å². The lowest BCUT2D eigenvalue weighted by Crippen LogP contribution is -2.67. The third-order valence-corrected chi connectivity index (χ3v) is 4.13. The highest BCUT2D eigenvalue weighted by Gasteiger charge is 2.59. The maximum atomic E-state index is 8.89. The number of hydrogen-bond donors (Lipinski definition) is 2. The Labute approximate surface area is 92.2 Å². The fourth-order valence-corrected chi connectivity index (χ4v) is 3.25. The first kappa shape index (κ1) is 11.4. The second-order valence-corrected chi connectivity index (χ2v) is 5.62. The van der Waals surface area contributed by atoms with Crippen LogP contribution in [0.2, 0.25) is 0 Å². The first-order valence-corrected chi connectivity index (χ1v) is 6.06. The van der Waals surface area contributed by atoms with E-state index >= 15 is 0 Å². The van der Waals surface area contributed by atoms with E-state index in [1.807, 2.05) is 0 Å². The lowest BCUT2D eigenvalue weighted by atomic mass is 9.57. The number of rotatable bonds is 4. The summed E-state index contributed by atoms with van der Waals surface area (Å²) in [6, 6.07) is 0.965. The monoisotopic (exact) mass is 213 g/mol. The molecule has 1 saturated carbocycles. The van der Waals surface area contributed by atoms with Crippen LogP contribution in [0.3, 0.4) is 0 Å². The lowest BCUT2D eigenvalue weighted by Gasteiger charge is -2.55. The van der Waals surface area contributed by atoms with Gasteiger partial charge < -0.3 is 15.2 Å². The van der Waals surface area contributed by atoms with Crippen molar-refractivity contribution in [2.24, 2.45) is 11.3 Å². The Morgan fingerprint density at radius 3 is 2.93 bits per heavy atom. The van der Waals surface area contributed by atoms with Gasteiger partial charge in [-0.05, 0) is 19.8 Å². The van der Waals surface area contributed by atoms with Gasteiger partial charge >= 0.3 is 0 Å². The van der Waals surface area contributed by atoms with Gasteiger partial charge in [-0.3, -0.25) is 0 Å².